The topological polar surface area (TPSA) is 131 Å². The number of hydrogen-bond donors (Lipinski definition) is 1. The van der Waals surface area contributed by atoms with Gasteiger partial charge in [0, 0.05) is 25.6 Å². The van der Waals surface area contributed by atoms with Crippen molar-refractivity contribution in [2.24, 2.45) is 0 Å². The van der Waals surface area contributed by atoms with Gasteiger partial charge in [0.15, 0.2) is 11.5 Å². The number of thiazole rings is 1. The first kappa shape index (κ1) is 26.7. The molecule has 1 aliphatic rings. The van der Waals surface area contributed by atoms with Crippen LogP contribution in [-0.4, -0.2) is 74.3 Å². The van der Waals surface area contributed by atoms with Crippen molar-refractivity contribution in [2.45, 2.75) is 31.5 Å². The lowest BCUT2D eigenvalue weighted by Gasteiger charge is -2.30. The lowest BCUT2D eigenvalue weighted by Crippen LogP contribution is -2.42. The van der Waals surface area contributed by atoms with Crippen LogP contribution in [0, 0.1) is 5.82 Å². The Bertz CT molecular complexity index is 1240. The summed E-state index contributed by atoms with van der Waals surface area (Å²) < 4.78 is 106. The number of hydrogen-bond acceptors (Lipinski definition) is 10. The van der Waals surface area contributed by atoms with Gasteiger partial charge < -0.3 is 5.32 Å². The molecule has 0 radical (unpaired) electrons. The molecule has 0 aromatic carbocycles. The van der Waals surface area contributed by atoms with E-state index < -0.39 is 55.0 Å². The third-order valence-corrected chi connectivity index (χ3v) is 7.79. The van der Waals surface area contributed by atoms with Gasteiger partial charge in [0.2, 0.25) is 16.0 Å². The molecule has 0 unspecified atom stereocenters. The number of alkyl halides is 3. The maximum absolute atomic E-state index is 14.5. The van der Waals surface area contributed by atoms with E-state index in [1.54, 1.807) is 0 Å². The summed E-state index contributed by atoms with van der Waals surface area (Å²) in [5, 5.41) is 2.81. The Kier molecular flexibility index (Phi) is 7.81. The Balaban J connectivity index is 1.83. The third-order valence-electron chi connectivity index (χ3n) is 4.77. The fourth-order valence-corrected chi connectivity index (χ4v) is 5.53. The SMILES string of the molecule is CS(=O)(=O)OCCc1nc(C(F)(F)F)c(-c2nc(NC3CCN(S(C)(=O)=O)CC3)ncc2F)s1. The maximum atomic E-state index is 14.5. The number of nitrogens with zero attached hydrogens (tertiary/aromatic N) is 4. The van der Waals surface area contributed by atoms with Crippen molar-refractivity contribution >= 4 is 37.4 Å². The quantitative estimate of drug-likeness (QED) is 0.390. The van der Waals surface area contributed by atoms with Gasteiger partial charge in [0.25, 0.3) is 10.1 Å². The second-order valence-electron chi connectivity index (χ2n) is 7.53. The zero-order chi connectivity index (χ0) is 25.3. The second-order valence-corrected chi connectivity index (χ2v) is 12.2. The van der Waals surface area contributed by atoms with E-state index in [4.69, 9.17) is 0 Å². The number of aromatic nitrogens is 3. The van der Waals surface area contributed by atoms with Gasteiger partial charge in [-0.2, -0.15) is 21.6 Å². The molecule has 3 heterocycles. The summed E-state index contributed by atoms with van der Waals surface area (Å²) in [4.78, 5) is 10.6. The predicted molar refractivity (Wildman–Crippen MR) is 116 cm³/mol. The molecule has 17 heteroatoms. The molecule has 2 aromatic rings. The van der Waals surface area contributed by atoms with Crippen molar-refractivity contribution in [2.75, 3.05) is 37.5 Å². The van der Waals surface area contributed by atoms with Crippen LogP contribution in [0.2, 0.25) is 0 Å². The van der Waals surface area contributed by atoms with Crippen molar-refractivity contribution in [3.05, 3.63) is 22.7 Å². The summed E-state index contributed by atoms with van der Waals surface area (Å²) in [5.41, 5.74) is -1.96. The van der Waals surface area contributed by atoms with Crippen LogP contribution < -0.4 is 5.32 Å². The summed E-state index contributed by atoms with van der Waals surface area (Å²) in [5.74, 6) is -1.21. The Labute approximate surface area is 197 Å². The zero-order valence-electron chi connectivity index (χ0n) is 18.0. The minimum atomic E-state index is -4.91. The van der Waals surface area contributed by atoms with E-state index in [-0.39, 0.29) is 36.5 Å². The number of piperidine rings is 1. The molecule has 0 amide bonds. The van der Waals surface area contributed by atoms with Crippen LogP contribution in [0.4, 0.5) is 23.5 Å². The second kappa shape index (κ2) is 9.96. The van der Waals surface area contributed by atoms with Gasteiger partial charge in [-0.15, -0.1) is 11.3 Å². The summed E-state index contributed by atoms with van der Waals surface area (Å²) in [6.07, 6.45) is -1.70. The molecule has 0 atom stereocenters. The van der Waals surface area contributed by atoms with Crippen molar-refractivity contribution < 1.29 is 38.6 Å². The monoisotopic (exact) mass is 547 g/mol. The van der Waals surface area contributed by atoms with Crippen molar-refractivity contribution in [1.29, 1.82) is 0 Å². The first-order valence-corrected chi connectivity index (χ1v) is 14.3. The van der Waals surface area contributed by atoms with E-state index in [1.165, 1.54) is 4.31 Å². The summed E-state index contributed by atoms with van der Waals surface area (Å²) in [6, 6.07) is -0.261. The number of anilines is 1. The highest BCUT2D eigenvalue weighted by Crippen LogP contribution is 2.40. The normalized spacial score (nSPS) is 16.6. The van der Waals surface area contributed by atoms with E-state index >= 15 is 0 Å². The van der Waals surface area contributed by atoms with Crippen LogP contribution >= 0.6 is 11.3 Å². The molecular formula is C17H21F4N5O5S3. The summed E-state index contributed by atoms with van der Waals surface area (Å²) >= 11 is 0.525. The lowest BCUT2D eigenvalue weighted by atomic mass is 10.1. The fraction of sp³-hybridized carbons (Fsp3) is 0.588. The van der Waals surface area contributed by atoms with Gasteiger partial charge >= 0.3 is 6.18 Å². The van der Waals surface area contributed by atoms with Gasteiger partial charge in [0.05, 0.1) is 35.2 Å². The Hall–Kier alpha value is -1.95. The summed E-state index contributed by atoms with van der Waals surface area (Å²) in [6.45, 7) is 0.0708. The molecule has 10 nitrogen and oxygen atoms in total. The van der Waals surface area contributed by atoms with Crippen LogP contribution in [0.5, 0.6) is 0 Å². The minimum Gasteiger partial charge on any atom is -0.351 e. The van der Waals surface area contributed by atoms with E-state index in [0.717, 1.165) is 18.7 Å². The van der Waals surface area contributed by atoms with Crippen LogP contribution in [0.1, 0.15) is 23.5 Å². The number of halogens is 4. The first-order valence-electron chi connectivity index (χ1n) is 9.79. The highest BCUT2D eigenvalue weighted by Gasteiger charge is 2.39. The molecule has 1 aliphatic heterocycles. The van der Waals surface area contributed by atoms with Crippen LogP contribution in [-0.2, 0) is 36.9 Å². The Morgan fingerprint density at radius 2 is 1.82 bits per heavy atom. The van der Waals surface area contributed by atoms with Crippen molar-refractivity contribution in [1.82, 2.24) is 19.3 Å². The molecular weight excluding hydrogens is 526 g/mol. The molecule has 0 aliphatic carbocycles. The van der Waals surface area contributed by atoms with Gasteiger partial charge in [-0.1, -0.05) is 0 Å². The van der Waals surface area contributed by atoms with E-state index in [0.29, 0.717) is 24.2 Å². The molecule has 1 saturated heterocycles. The summed E-state index contributed by atoms with van der Waals surface area (Å²) in [7, 11) is -7.12. The Morgan fingerprint density at radius 1 is 1.18 bits per heavy atom. The van der Waals surface area contributed by atoms with Crippen LogP contribution in [0.25, 0.3) is 10.6 Å². The average molecular weight is 548 g/mol. The van der Waals surface area contributed by atoms with E-state index in [1.807, 2.05) is 0 Å². The van der Waals surface area contributed by atoms with Crippen LogP contribution in [0.3, 0.4) is 0 Å². The molecule has 0 saturated carbocycles. The van der Waals surface area contributed by atoms with Gasteiger partial charge in [-0.25, -0.2) is 32.1 Å². The molecule has 1 fully saturated rings. The highest BCUT2D eigenvalue weighted by atomic mass is 32.2. The zero-order valence-corrected chi connectivity index (χ0v) is 20.4. The average Bonchev–Trinajstić information content (AvgIpc) is 3.13. The number of nitrogens with one attached hydrogen (secondary N) is 1. The molecule has 2 aromatic heterocycles. The van der Waals surface area contributed by atoms with E-state index in [2.05, 4.69) is 24.5 Å². The first-order chi connectivity index (χ1) is 15.6. The number of rotatable bonds is 8. The van der Waals surface area contributed by atoms with Crippen molar-refractivity contribution in [3.8, 4) is 10.6 Å². The van der Waals surface area contributed by atoms with E-state index in [9.17, 15) is 34.4 Å². The third kappa shape index (κ3) is 7.03. The molecule has 0 bridgehead atoms. The molecule has 1 N–H and O–H groups in total. The molecule has 3 rings (SSSR count). The van der Waals surface area contributed by atoms with Gasteiger partial charge in [-0.05, 0) is 12.8 Å². The maximum Gasteiger partial charge on any atom is 0.434 e. The smallest absolute Gasteiger partial charge is 0.351 e. The molecule has 0 spiro atoms. The number of sulfonamides is 1. The molecule has 190 valence electrons. The van der Waals surface area contributed by atoms with Gasteiger partial charge in [0.1, 0.15) is 5.69 Å². The van der Waals surface area contributed by atoms with Crippen LogP contribution in [0.15, 0.2) is 6.20 Å². The fourth-order valence-electron chi connectivity index (χ4n) is 3.21. The standard InChI is InChI=1S/C17H21F4N5O5S3/c1-33(27,28)26-6-3-10(4-7-26)23-16-22-9-11(18)13(25-16)14-15(17(19,20)21)24-12(32-14)5-8-31-34(2,29)30/h9-10H,3-8H2,1-2H3,(H,22,23,25). The van der Waals surface area contributed by atoms with Gasteiger partial charge in [-0.3, -0.25) is 4.18 Å². The predicted octanol–water partition coefficient (Wildman–Crippen LogP) is 2.11. The minimum absolute atomic E-state index is 0.105. The van der Waals surface area contributed by atoms with Crippen molar-refractivity contribution in [3.63, 3.8) is 0 Å². The largest absolute Gasteiger partial charge is 0.434 e. The highest BCUT2D eigenvalue weighted by molar-refractivity contribution is 7.88. The lowest BCUT2D eigenvalue weighted by molar-refractivity contribution is -0.140. The molecule has 34 heavy (non-hydrogen) atoms. The Morgan fingerprint density at radius 3 is 2.38 bits per heavy atom.